The lowest BCUT2D eigenvalue weighted by Crippen LogP contribution is -2.21. The van der Waals surface area contributed by atoms with E-state index in [4.69, 9.17) is 4.74 Å². The summed E-state index contributed by atoms with van der Waals surface area (Å²) >= 11 is 2.27. The van der Waals surface area contributed by atoms with E-state index in [1.165, 1.54) is 3.57 Å². The molecule has 1 N–H and O–H groups in total. The molecule has 0 aliphatic carbocycles. The molecule has 0 unspecified atom stereocenters. The number of pyridine rings is 1. The summed E-state index contributed by atoms with van der Waals surface area (Å²) in [6.07, 6.45) is 1.84. The third-order valence-electron chi connectivity index (χ3n) is 2.55. The van der Waals surface area contributed by atoms with Crippen LogP contribution in [0, 0.1) is 3.57 Å². The van der Waals surface area contributed by atoms with E-state index in [0.29, 0.717) is 11.9 Å². The van der Waals surface area contributed by atoms with Crippen LogP contribution in [0.5, 0.6) is 11.6 Å². The quantitative estimate of drug-likeness (QED) is 0.811. The van der Waals surface area contributed by atoms with Gasteiger partial charge in [0, 0.05) is 28.4 Å². The zero-order valence-corrected chi connectivity index (χ0v) is 13.2. The Hall–Kier alpha value is -1.14. The smallest absolute Gasteiger partial charge is 0.219 e. The molecule has 0 spiro atoms. The van der Waals surface area contributed by atoms with Crippen LogP contribution in [0.3, 0.4) is 0 Å². The van der Waals surface area contributed by atoms with Gasteiger partial charge in [0.05, 0.1) is 0 Å². The van der Waals surface area contributed by atoms with E-state index in [1.54, 1.807) is 0 Å². The highest BCUT2D eigenvalue weighted by atomic mass is 127. The number of nitrogens with one attached hydrogen (secondary N) is 1. The van der Waals surface area contributed by atoms with Crippen molar-refractivity contribution in [3.05, 3.63) is 51.7 Å². The van der Waals surface area contributed by atoms with Crippen molar-refractivity contribution in [1.29, 1.82) is 0 Å². The minimum absolute atomic E-state index is 0.475. The molecule has 1 heterocycles. The Morgan fingerprint density at radius 2 is 1.89 bits per heavy atom. The summed E-state index contributed by atoms with van der Waals surface area (Å²) in [5.41, 5.74) is 1.16. The van der Waals surface area contributed by atoms with E-state index in [2.05, 4.69) is 46.7 Å². The Morgan fingerprint density at radius 1 is 1.16 bits per heavy atom. The van der Waals surface area contributed by atoms with E-state index >= 15 is 0 Å². The van der Waals surface area contributed by atoms with Crippen molar-refractivity contribution in [3.8, 4) is 11.6 Å². The number of ether oxygens (including phenoxy) is 1. The molecular formula is C15H17IN2O. The monoisotopic (exact) mass is 368 g/mol. The zero-order valence-electron chi connectivity index (χ0n) is 11.1. The van der Waals surface area contributed by atoms with Crippen molar-refractivity contribution >= 4 is 22.6 Å². The molecule has 0 aliphatic heterocycles. The van der Waals surface area contributed by atoms with Gasteiger partial charge in [-0.3, -0.25) is 0 Å². The lowest BCUT2D eigenvalue weighted by atomic mass is 10.2. The summed E-state index contributed by atoms with van der Waals surface area (Å²) < 4.78 is 6.87. The van der Waals surface area contributed by atoms with Gasteiger partial charge in [-0.1, -0.05) is 19.9 Å². The molecule has 0 aliphatic rings. The Bertz CT molecular complexity index is 509. The predicted octanol–water partition coefficient (Wildman–Crippen LogP) is 3.98. The van der Waals surface area contributed by atoms with E-state index < -0.39 is 0 Å². The molecule has 0 fully saturated rings. The van der Waals surface area contributed by atoms with Crippen molar-refractivity contribution in [2.75, 3.05) is 0 Å². The van der Waals surface area contributed by atoms with Crippen LogP contribution in [0.2, 0.25) is 0 Å². The average Bonchev–Trinajstić information content (AvgIpc) is 2.40. The fourth-order valence-corrected chi connectivity index (χ4v) is 1.88. The zero-order chi connectivity index (χ0) is 13.7. The number of benzene rings is 1. The number of hydrogen-bond acceptors (Lipinski definition) is 3. The summed E-state index contributed by atoms with van der Waals surface area (Å²) in [7, 11) is 0. The van der Waals surface area contributed by atoms with Crippen molar-refractivity contribution in [1.82, 2.24) is 10.3 Å². The molecular weight excluding hydrogens is 351 g/mol. The highest BCUT2D eigenvalue weighted by Crippen LogP contribution is 2.20. The van der Waals surface area contributed by atoms with E-state index in [-0.39, 0.29) is 0 Å². The summed E-state index contributed by atoms with van der Waals surface area (Å²) in [4.78, 5) is 4.31. The Kier molecular flexibility index (Phi) is 5.15. The van der Waals surface area contributed by atoms with Gasteiger partial charge in [0.25, 0.3) is 0 Å². The molecule has 3 nitrogen and oxygen atoms in total. The Balaban J connectivity index is 1.96. The van der Waals surface area contributed by atoms with Gasteiger partial charge in [0.1, 0.15) is 5.75 Å². The molecule has 19 heavy (non-hydrogen) atoms. The third kappa shape index (κ3) is 4.80. The number of rotatable bonds is 5. The second-order valence-electron chi connectivity index (χ2n) is 4.60. The highest BCUT2D eigenvalue weighted by Gasteiger charge is 2.00. The third-order valence-corrected chi connectivity index (χ3v) is 3.27. The minimum atomic E-state index is 0.475. The van der Waals surface area contributed by atoms with Gasteiger partial charge in [-0.05, 0) is 52.4 Å². The van der Waals surface area contributed by atoms with E-state index in [1.807, 2.05) is 42.6 Å². The number of halogens is 1. The lowest BCUT2D eigenvalue weighted by Gasteiger charge is -2.08. The first kappa shape index (κ1) is 14.3. The molecule has 1 aromatic heterocycles. The molecule has 0 saturated heterocycles. The first-order chi connectivity index (χ1) is 9.13. The number of aromatic nitrogens is 1. The van der Waals surface area contributed by atoms with Gasteiger partial charge >= 0.3 is 0 Å². The second kappa shape index (κ2) is 6.86. The van der Waals surface area contributed by atoms with Crippen LogP contribution in [-0.4, -0.2) is 11.0 Å². The maximum atomic E-state index is 5.68. The largest absolute Gasteiger partial charge is 0.439 e. The maximum Gasteiger partial charge on any atom is 0.219 e. The van der Waals surface area contributed by atoms with Gasteiger partial charge < -0.3 is 10.1 Å². The standard InChI is InChI=1S/C15H17IN2O/c1-11(2)17-9-12-3-8-15(18-10-12)19-14-6-4-13(16)5-7-14/h3-8,10-11,17H,9H2,1-2H3. The highest BCUT2D eigenvalue weighted by molar-refractivity contribution is 14.1. The van der Waals surface area contributed by atoms with Crippen molar-refractivity contribution in [2.24, 2.45) is 0 Å². The molecule has 0 bridgehead atoms. The summed E-state index contributed by atoms with van der Waals surface area (Å²) in [6, 6.07) is 12.3. The lowest BCUT2D eigenvalue weighted by molar-refractivity contribution is 0.462. The topological polar surface area (TPSA) is 34.1 Å². The second-order valence-corrected chi connectivity index (χ2v) is 5.84. The minimum Gasteiger partial charge on any atom is -0.439 e. The number of nitrogens with zero attached hydrogens (tertiary/aromatic N) is 1. The van der Waals surface area contributed by atoms with Gasteiger partial charge in [-0.15, -0.1) is 0 Å². The van der Waals surface area contributed by atoms with Crippen LogP contribution in [-0.2, 0) is 6.54 Å². The molecule has 100 valence electrons. The van der Waals surface area contributed by atoms with Gasteiger partial charge in [0.15, 0.2) is 0 Å². The van der Waals surface area contributed by atoms with E-state index in [0.717, 1.165) is 17.9 Å². The molecule has 0 atom stereocenters. The van der Waals surface area contributed by atoms with Crippen LogP contribution in [0.15, 0.2) is 42.6 Å². The first-order valence-electron chi connectivity index (χ1n) is 6.25. The predicted molar refractivity (Wildman–Crippen MR) is 85.4 cm³/mol. The number of hydrogen-bond donors (Lipinski definition) is 1. The molecule has 4 heteroatoms. The van der Waals surface area contributed by atoms with Crippen LogP contribution in [0.25, 0.3) is 0 Å². The van der Waals surface area contributed by atoms with Crippen LogP contribution >= 0.6 is 22.6 Å². The summed E-state index contributed by atoms with van der Waals surface area (Å²) in [5, 5.41) is 3.36. The molecule has 1 aromatic carbocycles. The normalized spacial score (nSPS) is 10.7. The fraction of sp³-hybridized carbons (Fsp3) is 0.267. The van der Waals surface area contributed by atoms with Gasteiger partial charge in [-0.25, -0.2) is 4.98 Å². The van der Waals surface area contributed by atoms with Crippen LogP contribution in [0.1, 0.15) is 19.4 Å². The Morgan fingerprint density at radius 3 is 2.47 bits per heavy atom. The van der Waals surface area contributed by atoms with Crippen molar-refractivity contribution in [3.63, 3.8) is 0 Å². The Labute approximate surface area is 127 Å². The molecule has 2 aromatic rings. The van der Waals surface area contributed by atoms with Gasteiger partial charge in [-0.2, -0.15) is 0 Å². The first-order valence-corrected chi connectivity index (χ1v) is 7.33. The van der Waals surface area contributed by atoms with Crippen LogP contribution in [0.4, 0.5) is 0 Å². The molecule has 2 rings (SSSR count). The van der Waals surface area contributed by atoms with Crippen LogP contribution < -0.4 is 10.1 Å². The fourth-order valence-electron chi connectivity index (χ4n) is 1.52. The molecule has 0 radical (unpaired) electrons. The van der Waals surface area contributed by atoms with Crippen molar-refractivity contribution in [2.45, 2.75) is 26.4 Å². The van der Waals surface area contributed by atoms with Crippen molar-refractivity contribution < 1.29 is 4.74 Å². The maximum absolute atomic E-state index is 5.68. The average molecular weight is 368 g/mol. The SMILES string of the molecule is CC(C)NCc1ccc(Oc2ccc(I)cc2)nc1. The molecule has 0 amide bonds. The summed E-state index contributed by atoms with van der Waals surface area (Å²) in [6.45, 7) is 5.08. The summed E-state index contributed by atoms with van der Waals surface area (Å²) in [5.74, 6) is 1.43. The molecule has 0 saturated carbocycles. The van der Waals surface area contributed by atoms with Gasteiger partial charge in [0.2, 0.25) is 5.88 Å². The van der Waals surface area contributed by atoms with E-state index in [9.17, 15) is 0 Å².